The van der Waals surface area contributed by atoms with Crippen LogP contribution in [0, 0.1) is 0 Å². The number of aromatic nitrogens is 2. The lowest BCUT2D eigenvalue weighted by molar-refractivity contribution is 0.603. The Kier molecular flexibility index (Phi) is 5.38. The molecule has 1 saturated heterocycles. The number of rotatable bonds is 5. The molecule has 0 bridgehead atoms. The van der Waals surface area contributed by atoms with Gasteiger partial charge in [-0.1, -0.05) is 29.8 Å². The Hall–Kier alpha value is -2.36. The molecule has 0 saturated carbocycles. The van der Waals surface area contributed by atoms with Gasteiger partial charge in [0.15, 0.2) is 0 Å². The van der Waals surface area contributed by atoms with Crippen molar-refractivity contribution in [1.29, 1.82) is 0 Å². The molecule has 1 aromatic carbocycles. The second-order valence-electron chi connectivity index (χ2n) is 6.25. The molecule has 1 fully saturated rings. The van der Waals surface area contributed by atoms with Crippen molar-refractivity contribution in [3.63, 3.8) is 0 Å². The van der Waals surface area contributed by atoms with Crippen LogP contribution in [0.15, 0.2) is 59.1 Å². The molecule has 10 heteroatoms. The standard InChI is InChI=1S/C18H18ClN5O2S2/c19-16-6-7-17(27-16)28(25,26)22-14-12-20-18(21-13-14)24-10-8-23(9-11-24)15-4-2-1-3-5-15/h1-7,12-13,22H,8-11H2. The third-order valence-corrected chi connectivity index (χ3v) is 7.49. The fraction of sp³-hybridized carbons (Fsp3) is 0.222. The highest BCUT2D eigenvalue weighted by Crippen LogP contribution is 2.27. The molecule has 3 aromatic rings. The lowest BCUT2D eigenvalue weighted by Crippen LogP contribution is -2.47. The molecule has 28 heavy (non-hydrogen) atoms. The highest BCUT2D eigenvalue weighted by Gasteiger charge is 2.20. The van der Waals surface area contributed by atoms with Gasteiger partial charge in [0.05, 0.1) is 22.4 Å². The summed E-state index contributed by atoms with van der Waals surface area (Å²) >= 11 is 6.82. The number of halogens is 1. The maximum absolute atomic E-state index is 12.3. The van der Waals surface area contributed by atoms with E-state index in [2.05, 4.69) is 36.6 Å². The Balaban J connectivity index is 1.39. The van der Waals surface area contributed by atoms with Gasteiger partial charge < -0.3 is 9.80 Å². The van der Waals surface area contributed by atoms with Crippen LogP contribution in [0.25, 0.3) is 0 Å². The van der Waals surface area contributed by atoms with E-state index in [-0.39, 0.29) is 4.21 Å². The Labute approximate surface area is 172 Å². The molecule has 7 nitrogen and oxygen atoms in total. The number of anilines is 3. The molecule has 0 aliphatic carbocycles. The Morgan fingerprint density at radius 1 is 0.929 bits per heavy atom. The molecule has 0 unspecified atom stereocenters. The predicted octanol–water partition coefficient (Wildman–Crippen LogP) is 3.32. The summed E-state index contributed by atoms with van der Waals surface area (Å²) in [6.07, 6.45) is 2.97. The molecule has 0 amide bonds. The zero-order chi connectivity index (χ0) is 19.6. The van der Waals surface area contributed by atoms with Crippen molar-refractivity contribution in [3.8, 4) is 0 Å². The first-order chi connectivity index (χ1) is 13.5. The maximum atomic E-state index is 12.3. The number of benzene rings is 1. The summed E-state index contributed by atoms with van der Waals surface area (Å²) in [4.78, 5) is 13.1. The van der Waals surface area contributed by atoms with Gasteiger partial charge in [0, 0.05) is 31.9 Å². The van der Waals surface area contributed by atoms with Gasteiger partial charge in [-0.2, -0.15) is 0 Å². The number of hydrogen-bond acceptors (Lipinski definition) is 7. The lowest BCUT2D eigenvalue weighted by atomic mass is 10.2. The van der Waals surface area contributed by atoms with Gasteiger partial charge in [0.1, 0.15) is 4.21 Å². The Morgan fingerprint density at radius 3 is 2.18 bits per heavy atom. The second-order valence-corrected chi connectivity index (χ2v) is 9.87. The molecule has 4 rings (SSSR count). The van der Waals surface area contributed by atoms with Crippen LogP contribution >= 0.6 is 22.9 Å². The SMILES string of the molecule is O=S(=O)(Nc1cnc(N2CCN(c3ccccc3)CC2)nc1)c1ccc(Cl)s1. The molecule has 1 aliphatic heterocycles. The average Bonchev–Trinajstić information content (AvgIpc) is 3.17. The van der Waals surface area contributed by atoms with Gasteiger partial charge in [0.25, 0.3) is 10.0 Å². The van der Waals surface area contributed by atoms with E-state index < -0.39 is 10.0 Å². The quantitative estimate of drug-likeness (QED) is 0.662. The van der Waals surface area contributed by atoms with Crippen LogP contribution in [-0.2, 0) is 10.0 Å². The normalized spacial score (nSPS) is 14.9. The zero-order valence-corrected chi connectivity index (χ0v) is 17.2. The van der Waals surface area contributed by atoms with Crippen LogP contribution in [0.4, 0.5) is 17.3 Å². The first kappa shape index (κ1) is 19.0. The number of piperazine rings is 1. The van der Waals surface area contributed by atoms with E-state index in [4.69, 9.17) is 11.6 Å². The van der Waals surface area contributed by atoms with Gasteiger partial charge in [-0.05, 0) is 24.3 Å². The van der Waals surface area contributed by atoms with E-state index in [1.54, 1.807) is 6.07 Å². The number of nitrogens with zero attached hydrogens (tertiary/aromatic N) is 4. The number of thiophene rings is 1. The third kappa shape index (κ3) is 4.21. The van der Waals surface area contributed by atoms with Gasteiger partial charge in [-0.25, -0.2) is 18.4 Å². The van der Waals surface area contributed by atoms with Gasteiger partial charge >= 0.3 is 0 Å². The number of para-hydroxylation sites is 1. The molecule has 1 aliphatic rings. The van der Waals surface area contributed by atoms with E-state index in [9.17, 15) is 8.42 Å². The zero-order valence-electron chi connectivity index (χ0n) is 14.8. The summed E-state index contributed by atoms with van der Waals surface area (Å²) in [6.45, 7) is 3.35. The topological polar surface area (TPSA) is 78.4 Å². The molecular weight excluding hydrogens is 418 g/mol. The van der Waals surface area contributed by atoms with Crippen molar-refractivity contribution in [2.45, 2.75) is 4.21 Å². The molecule has 0 radical (unpaired) electrons. The highest BCUT2D eigenvalue weighted by atomic mass is 35.5. The minimum absolute atomic E-state index is 0.151. The van der Waals surface area contributed by atoms with E-state index in [1.807, 2.05) is 18.2 Å². The minimum atomic E-state index is -3.68. The fourth-order valence-electron chi connectivity index (χ4n) is 2.99. The molecule has 2 aromatic heterocycles. The number of hydrogen-bond donors (Lipinski definition) is 1. The van der Waals surface area contributed by atoms with Crippen molar-refractivity contribution in [2.24, 2.45) is 0 Å². The number of nitrogens with one attached hydrogen (secondary N) is 1. The smallest absolute Gasteiger partial charge is 0.271 e. The summed E-state index contributed by atoms with van der Waals surface area (Å²) in [7, 11) is -3.68. The number of sulfonamides is 1. The largest absolute Gasteiger partial charge is 0.368 e. The second kappa shape index (κ2) is 7.94. The first-order valence-electron chi connectivity index (χ1n) is 8.66. The summed E-state index contributed by atoms with van der Waals surface area (Å²) < 4.78 is 27.7. The van der Waals surface area contributed by atoms with E-state index >= 15 is 0 Å². The van der Waals surface area contributed by atoms with Crippen LogP contribution in [0.5, 0.6) is 0 Å². The summed E-state index contributed by atoms with van der Waals surface area (Å²) in [5, 5.41) is 0. The van der Waals surface area contributed by atoms with Crippen molar-refractivity contribution in [2.75, 3.05) is 40.7 Å². The van der Waals surface area contributed by atoms with E-state index in [0.29, 0.717) is 16.0 Å². The van der Waals surface area contributed by atoms with Crippen LogP contribution in [0.3, 0.4) is 0 Å². The van der Waals surface area contributed by atoms with Gasteiger partial charge in [-0.15, -0.1) is 11.3 Å². The summed E-state index contributed by atoms with van der Waals surface area (Å²) in [5.41, 5.74) is 1.53. The maximum Gasteiger partial charge on any atom is 0.271 e. The molecule has 1 N–H and O–H groups in total. The van der Waals surface area contributed by atoms with Crippen LogP contribution in [0.1, 0.15) is 0 Å². The minimum Gasteiger partial charge on any atom is -0.368 e. The monoisotopic (exact) mass is 435 g/mol. The summed E-state index contributed by atoms with van der Waals surface area (Å²) in [6, 6.07) is 13.3. The molecule has 3 heterocycles. The van der Waals surface area contributed by atoms with Gasteiger partial charge in [0.2, 0.25) is 5.95 Å². The Bertz CT molecular complexity index is 1030. The van der Waals surface area contributed by atoms with Crippen LogP contribution in [0.2, 0.25) is 4.34 Å². The Morgan fingerprint density at radius 2 is 1.57 bits per heavy atom. The van der Waals surface area contributed by atoms with Crippen LogP contribution in [-0.4, -0.2) is 44.6 Å². The highest BCUT2D eigenvalue weighted by molar-refractivity contribution is 7.94. The fourth-order valence-corrected chi connectivity index (χ4v) is 5.50. The summed E-state index contributed by atoms with van der Waals surface area (Å²) in [5.74, 6) is 0.592. The van der Waals surface area contributed by atoms with Crippen molar-refractivity contribution in [1.82, 2.24) is 9.97 Å². The molecule has 0 atom stereocenters. The van der Waals surface area contributed by atoms with Crippen molar-refractivity contribution in [3.05, 3.63) is 59.2 Å². The predicted molar refractivity (Wildman–Crippen MR) is 113 cm³/mol. The van der Waals surface area contributed by atoms with Crippen LogP contribution < -0.4 is 14.5 Å². The first-order valence-corrected chi connectivity index (χ1v) is 11.3. The van der Waals surface area contributed by atoms with E-state index in [1.165, 1.54) is 24.1 Å². The molecule has 0 spiro atoms. The van der Waals surface area contributed by atoms with E-state index in [0.717, 1.165) is 37.5 Å². The average molecular weight is 436 g/mol. The van der Waals surface area contributed by atoms with Gasteiger partial charge in [-0.3, -0.25) is 4.72 Å². The lowest BCUT2D eigenvalue weighted by Gasteiger charge is -2.36. The molecule has 146 valence electrons. The molecular formula is C18H18ClN5O2S2. The van der Waals surface area contributed by atoms with Crippen molar-refractivity contribution >= 4 is 50.3 Å². The van der Waals surface area contributed by atoms with Crippen molar-refractivity contribution < 1.29 is 8.42 Å². The third-order valence-electron chi connectivity index (χ3n) is 4.39.